The van der Waals surface area contributed by atoms with Crippen LogP contribution in [0.25, 0.3) is 0 Å². The monoisotopic (exact) mass is 494 g/mol. The van der Waals surface area contributed by atoms with Crippen LogP contribution in [0, 0.1) is 0 Å². The summed E-state index contributed by atoms with van der Waals surface area (Å²) in [7, 11) is 0. The molecule has 4 rings (SSSR count). The van der Waals surface area contributed by atoms with Crippen molar-refractivity contribution in [3.63, 3.8) is 0 Å². The minimum absolute atomic E-state index is 0.0633. The zero-order valence-electron chi connectivity index (χ0n) is 20.5. The van der Waals surface area contributed by atoms with E-state index in [1.54, 1.807) is 0 Å². The molecule has 0 bridgehead atoms. The number of amides is 2. The summed E-state index contributed by atoms with van der Waals surface area (Å²) in [6, 6.07) is 35.0. The van der Waals surface area contributed by atoms with Crippen molar-refractivity contribution >= 4 is 35.0 Å². The molecular weight excluding hydrogens is 464 g/mol. The largest absolute Gasteiger partial charge is 0.326 e. The van der Waals surface area contributed by atoms with Gasteiger partial charge in [0, 0.05) is 16.3 Å². The highest BCUT2D eigenvalue weighted by Gasteiger charge is 2.22. The second-order valence-corrected chi connectivity index (χ2v) is 10.1. The average Bonchev–Trinajstić information content (AvgIpc) is 2.89. The number of carbonyl (C=O) groups is 2. The van der Waals surface area contributed by atoms with Crippen LogP contribution in [0.15, 0.2) is 114 Å². The van der Waals surface area contributed by atoms with Crippen LogP contribution < -0.4 is 10.6 Å². The lowest BCUT2D eigenvalue weighted by atomic mass is 10.0. The molecule has 1 unspecified atom stereocenters. The first-order valence-corrected chi connectivity index (χ1v) is 12.9. The first-order valence-electron chi connectivity index (χ1n) is 12.0. The van der Waals surface area contributed by atoms with E-state index in [2.05, 4.69) is 36.6 Å². The lowest BCUT2D eigenvalue weighted by molar-refractivity contribution is -0.116. The Morgan fingerprint density at radius 3 is 1.83 bits per heavy atom. The highest BCUT2D eigenvalue weighted by atomic mass is 32.2. The predicted octanol–water partition coefficient (Wildman–Crippen LogP) is 7.46. The van der Waals surface area contributed by atoms with Gasteiger partial charge in [-0.2, -0.15) is 0 Å². The van der Waals surface area contributed by atoms with Gasteiger partial charge in [0.2, 0.25) is 11.8 Å². The topological polar surface area (TPSA) is 58.2 Å². The molecule has 36 heavy (non-hydrogen) atoms. The summed E-state index contributed by atoms with van der Waals surface area (Å²) in [6.45, 7) is 4.30. The molecule has 0 aliphatic carbocycles. The molecule has 4 nitrogen and oxygen atoms in total. The molecule has 0 heterocycles. The molecule has 0 radical (unpaired) electrons. The summed E-state index contributed by atoms with van der Waals surface area (Å²) >= 11 is 1.48. The van der Waals surface area contributed by atoms with Gasteiger partial charge >= 0.3 is 0 Å². The SMILES string of the molecule is CC(C)c1ccc(NC(=O)C(Sc2ccc(NC(=O)Cc3ccccc3)cc2)c2ccccc2)cc1. The fourth-order valence-corrected chi connectivity index (χ4v) is 4.82. The Kier molecular flexibility index (Phi) is 8.58. The fourth-order valence-electron chi connectivity index (χ4n) is 3.80. The maximum absolute atomic E-state index is 13.3. The van der Waals surface area contributed by atoms with E-state index in [0.29, 0.717) is 12.3 Å². The molecule has 4 aromatic rings. The molecule has 5 heteroatoms. The number of nitrogens with one attached hydrogen (secondary N) is 2. The molecule has 0 aliphatic rings. The predicted molar refractivity (Wildman–Crippen MR) is 149 cm³/mol. The number of hydrogen-bond acceptors (Lipinski definition) is 3. The molecular formula is C31H30N2O2S. The van der Waals surface area contributed by atoms with Gasteiger partial charge in [-0.3, -0.25) is 9.59 Å². The van der Waals surface area contributed by atoms with E-state index in [1.807, 2.05) is 97.1 Å². The van der Waals surface area contributed by atoms with E-state index in [0.717, 1.165) is 27.4 Å². The molecule has 0 fully saturated rings. The van der Waals surface area contributed by atoms with Crippen molar-refractivity contribution in [1.82, 2.24) is 0 Å². The Balaban J connectivity index is 1.43. The van der Waals surface area contributed by atoms with Gasteiger partial charge in [-0.1, -0.05) is 86.6 Å². The van der Waals surface area contributed by atoms with Gasteiger partial charge in [-0.25, -0.2) is 0 Å². The summed E-state index contributed by atoms with van der Waals surface area (Å²) in [5.74, 6) is 0.295. The van der Waals surface area contributed by atoms with E-state index in [1.165, 1.54) is 17.3 Å². The third-order valence-corrected chi connectivity index (χ3v) is 7.05. The quantitative estimate of drug-likeness (QED) is 0.237. The number of rotatable bonds is 9. The molecule has 0 saturated heterocycles. The van der Waals surface area contributed by atoms with Crippen LogP contribution in [-0.4, -0.2) is 11.8 Å². The summed E-state index contributed by atoms with van der Waals surface area (Å²) in [6.07, 6.45) is 0.325. The number of benzene rings is 4. The third kappa shape index (κ3) is 7.09. The summed E-state index contributed by atoms with van der Waals surface area (Å²) in [5.41, 5.74) is 4.64. The molecule has 4 aromatic carbocycles. The Bertz CT molecular complexity index is 1270. The molecule has 2 N–H and O–H groups in total. The lowest BCUT2D eigenvalue weighted by Crippen LogP contribution is -2.19. The number of thioether (sulfide) groups is 1. The van der Waals surface area contributed by atoms with Crippen LogP contribution in [0.5, 0.6) is 0 Å². The van der Waals surface area contributed by atoms with Crippen molar-refractivity contribution in [1.29, 1.82) is 0 Å². The zero-order valence-corrected chi connectivity index (χ0v) is 21.3. The molecule has 182 valence electrons. The van der Waals surface area contributed by atoms with E-state index in [9.17, 15) is 9.59 Å². The van der Waals surface area contributed by atoms with E-state index >= 15 is 0 Å². The van der Waals surface area contributed by atoms with Crippen molar-refractivity contribution < 1.29 is 9.59 Å². The zero-order chi connectivity index (χ0) is 25.3. The molecule has 1 atom stereocenters. The Hall–Kier alpha value is -3.83. The van der Waals surface area contributed by atoms with Gasteiger partial charge in [0.25, 0.3) is 0 Å². The Labute approximate surface area is 217 Å². The average molecular weight is 495 g/mol. The maximum Gasteiger partial charge on any atom is 0.242 e. The van der Waals surface area contributed by atoms with Gasteiger partial charge in [-0.15, -0.1) is 11.8 Å². The summed E-state index contributed by atoms with van der Waals surface area (Å²) in [4.78, 5) is 26.7. The molecule has 0 aromatic heterocycles. The van der Waals surface area contributed by atoms with Crippen LogP contribution in [0.3, 0.4) is 0 Å². The molecule has 0 aliphatic heterocycles. The van der Waals surface area contributed by atoms with E-state index < -0.39 is 5.25 Å². The maximum atomic E-state index is 13.3. The normalized spacial score (nSPS) is 11.6. The smallest absolute Gasteiger partial charge is 0.242 e. The molecule has 0 saturated carbocycles. The molecule has 2 amide bonds. The van der Waals surface area contributed by atoms with Crippen molar-refractivity contribution in [2.75, 3.05) is 10.6 Å². The fraction of sp³-hybridized carbons (Fsp3) is 0.161. The van der Waals surface area contributed by atoms with Crippen LogP contribution in [0.4, 0.5) is 11.4 Å². The Morgan fingerprint density at radius 2 is 1.22 bits per heavy atom. The first kappa shape index (κ1) is 25.3. The summed E-state index contributed by atoms with van der Waals surface area (Å²) in [5, 5.41) is 5.59. The first-order chi connectivity index (χ1) is 17.5. The molecule has 0 spiro atoms. The van der Waals surface area contributed by atoms with Crippen LogP contribution in [0.1, 0.15) is 41.7 Å². The minimum atomic E-state index is -0.422. The second-order valence-electron chi connectivity index (χ2n) is 8.91. The van der Waals surface area contributed by atoms with Crippen molar-refractivity contribution in [3.05, 3.63) is 126 Å². The second kappa shape index (κ2) is 12.2. The van der Waals surface area contributed by atoms with Gasteiger partial charge in [0.1, 0.15) is 5.25 Å². The van der Waals surface area contributed by atoms with Crippen LogP contribution >= 0.6 is 11.8 Å². The number of carbonyl (C=O) groups excluding carboxylic acids is 2. The minimum Gasteiger partial charge on any atom is -0.326 e. The highest BCUT2D eigenvalue weighted by molar-refractivity contribution is 8.00. The van der Waals surface area contributed by atoms with Gasteiger partial charge in [-0.05, 0) is 59.0 Å². The number of hydrogen-bond donors (Lipinski definition) is 2. The lowest BCUT2D eigenvalue weighted by Gasteiger charge is -2.18. The van der Waals surface area contributed by atoms with Gasteiger partial charge in [0.15, 0.2) is 0 Å². The summed E-state index contributed by atoms with van der Waals surface area (Å²) < 4.78 is 0. The Morgan fingerprint density at radius 1 is 0.667 bits per heavy atom. The van der Waals surface area contributed by atoms with Crippen molar-refractivity contribution in [2.45, 2.75) is 36.3 Å². The standard InChI is InChI=1S/C31H30N2O2S/c1-22(2)24-13-15-27(16-14-24)33-31(35)30(25-11-7-4-8-12-25)36-28-19-17-26(18-20-28)32-29(34)21-23-9-5-3-6-10-23/h3-20,22,30H,21H2,1-2H3,(H,32,34)(H,33,35). The van der Waals surface area contributed by atoms with Crippen molar-refractivity contribution in [3.8, 4) is 0 Å². The number of anilines is 2. The third-order valence-electron chi connectivity index (χ3n) is 5.78. The van der Waals surface area contributed by atoms with Gasteiger partial charge in [0.05, 0.1) is 6.42 Å². The van der Waals surface area contributed by atoms with Gasteiger partial charge < -0.3 is 10.6 Å². The highest BCUT2D eigenvalue weighted by Crippen LogP contribution is 2.36. The van der Waals surface area contributed by atoms with E-state index in [-0.39, 0.29) is 11.8 Å². The van der Waals surface area contributed by atoms with Crippen molar-refractivity contribution in [2.24, 2.45) is 0 Å². The van der Waals surface area contributed by atoms with Crippen LogP contribution in [0.2, 0.25) is 0 Å². The van der Waals surface area contributed by atoms with E-state index in [4.69, 9.17) is 0 Å². The van der Waals surface area contributed by atoms with Crippen LogP contribution in [-0.2, 0) is 16.0 Å².